The summed E-state index contributed by atoms with van der Waals surface area (Å²) < 4.78 is 1.80. The second kappa shape index (κ2) is 5.38. The molecule has 1 aliphatic carbocycles. The summed E-state index contributed by atoms with van der Waals surface area (Å²) in [6.45, 7) is 1.92. The highest BCUT2D eigenvalue weighted by atomic mass is 16.4. The molecule has 0 atom stereocenters. The van der Waals surface area contributed by atoms with E-state index < -0.39 is 5.97 Å². The molecule has 0 aliphatic heterocycles. The lowest BCUT2D eigenvalue weighted by atomic mass is 9.94. The standard InChI is InChI=1S/C14H19NO3/c1-10-7-8-11(9-13(16)17)14(18)15(10)12-5-3-2-4-6-12/h7-8,12H,2-6,9H2,1H3,(H,16,17). The van der Waals surface area contributed by atoms with Gasteiger partial charge in [-0.2, -0.15) is 0 Å². The van der Waals surface area contributed by atoms with Gasteiger partial charge in [0.25, 0.3) is 5.56 Å². The number of hydrogen-bond donors (Lipinski definition) is 1. The van der Waals surface area contributed by atoms with Crippen LogP contribution in [0.1, 0.15) is 49.4 Å². The van der Waals surface area contributed by atoms with Crippen molar-refractivity contribution in [1.82, 2.24) is 4.57 Å². The number of carboxylic acid groups (broad SMARTS) is 1. The second-order valence-corrected chi connectivity index (χ2v) is 5.04. The largest absolute Gasteiger partial charge is 0.481 e. The Labute approximate surface area is 106 Å². The van der Waals surface area contributed by atoms with E-state index in [1.54, 1.807) is 10.6 Å². The minimum absolute atomic E-state index is 0.121. The molecular weight excluding hydrogens is 230 g/mol. The molecule has 1 N–H and O–H groups in total. The number of pyridine rings is 1. The van der Waals surface area contributed by atoms with Crippen molar-refractivity contribution in [2.24, 2.45) is 0 Å². The minimum atomic E-state index is -0.953. The number of hydrogen-bond acceptors (Lipinski definition) is 2. The monoisotopic (exact) mass is 249 g/mol. The van der Waals surface area contributed by atoms with Crippen molar-refractivity contribution in [1.29, 1.82) is 0 Å². The lowest BCUT2D eigenvalue weighted by Crippen LogP contribution is -2.31. The van der Waals surface area contributed by atoms with Gasteiger partial charge in [0.1, 0.15) is 0 Å². The van der Waals surface area contributed by atoms with Crippen molar-refractivity contribution < 1.29 is 9.90 Å². The van der Waals surface area contributed by atoms with Crippen molar-refractivity contribution in [2.45, 2.75) is 51.5 Å². The quantitative estimate of drug-likeness (QED) is 0.894. The van der Waals surface area contributed by atoms with Crippen LogP contribution in [0.25, 0.3) is 0 Å². The number of rotatable bonds is 3. The predicted octanol–water partition coefficient (Wildman–Crippen LogP) is 2.29. The maximum absolute atomic E-state index is 12.3. The Kier molecular flexibility index (Phi) is 3.84. The topological polar surface area (TPSA) is 59.3 Å². The summed E-state index contributed by atoms with van der Waals surface area (Å²) in [6, 6.07) is 3.75. The molecule has 1 fully saturated rings. The van der Waals surface area contributed by atoms with Crippen LogP contribution in [0.2, 0.25) is 0 Å². The normalized spacial score (nSPS) is 16.7. The Bertz CT molecular complexity index is 498. The zero-order valence-corrected chi connectivity index (χ0v) is 10.7. The first-order chi connectivity index (χ1) is 8.59. The van der Waals surface area contributed by atoms with Gasteiger partial charge in [0.2, 0.25) is 0 Å². The van der Waals surface area contributed by atoms with Crippen molar-refractivity contribution in [3.05, 3.63) is 33.7 Å². The van der Waals surface area contributed by atoms with Gasteiger partial charge in [0.05, 0.1) is 6.42 Å². The van der Waals surface area contributed by atoms with E-state index in [2.05, 4.69) is 0 Å². The van der Waals surface area contributed by atoms with E-state index in [-0.39, 0.29) is 18.0 Å². The van der Waals surface area contributed by atoms with Crippen LogP contribution >= 0.6 is 0 Å². The number of aromatic nitrogens is 1. The van der Waals surface area contributed by atoms with Crippen LogP contribution in [0, 0.1) is 6.92 Å². The third-order valence-electron chi connectivity index (χ3n) is 3.68. The minimum Gasteiger partial charge on any atom is -0.481 e. The molecular formula is C14H19NO3. The van der Waals surface area contributed by atoms with E-state index in [9.17, 15) is 9.59 Å². The average molecular weight is 249 g/mol. The smallest absolute Gasteiger partial charge is 0.308 e. The fourth-order valence-corrected chi connectivity index (χ4v) is 2.78. The van der Waals surface area contributed by atoms with Crippen molar-refractivity contribution >= 4 is 5.97 Å². The lowest BCUT2D eigenvalue weighted by Gasteiger charge is -2.26. The Morgan fingerprint density at radius 2 is 2.00 bits per heavy atom. The van der Waals surface area contributed by atoms with Gasteiger partial charge in [-0.1, -0.05) is 25.3 Å². The Morgan fingerprint density at radius 3 is 2.61 bits per heavy atom. The fraction of sp³-hybridized carbons (Fsp3) is 0.571. The molecule has 0 bridgehead atoms. The predicted molar refractivity (Wildman–Crippen MR) is 68.9 cm³/mol. The van der Waals surface area contributed by atoms with Gasteiger partial charge in [-0.05, 0) is 25.8 Å². The molecule has 0 saturated heterocycles. The van der Waals surface area contributed by atoms with Crippen LogP contribution < -0.4 is 5.56 Å². The first-order valence-corrected chi connectivity index (χ1v) is 6.52. The van der Waals surface area contributed by atoms with Gasteiger partial charge >= 0.3 is 5.97 Å². The van der Waals surface area contributed by atoms with Gasteiger partial charge in [-0.15, -0.1) is 0 Å². The summed E-state index contributed by atoms with van der Waals surface area (Å²) in [5.74, 6) is -0.953. The molecule has 0 radical (unpaired) electrons. The molecule has 4 nitrogen and oxygen atoms in total. The van der Waals surface area contributed by atoms with Gasteiger partial charge in [-0.3, -0.25) is 9.59 Å². The number of aliphatic carboxylic acids is 1. The SMILES string of the molecule is Cc1ccc(CC(=O)O)c(=O)n1C1CCCCC1. The highest BCUT2D eigenvalue weighted by Gasteiger charge is 2.19. The molecule has 0 amide bonds. The molecule has 2 rings (SSSR count). The summed E-state index contributed by atoms with van der Waals surface area (Å²) in [5.41, 5.74) is 1.20. The molecule has 1 aromatic heterocycles. The molecule has 1 aliphatic rings. The van der Waals surface area contributed by atoms with Crippen LogP contribution in [0.15, 0.2) is 16.9 Å². The van der Waals surface area contributed by atoms with E-state index in [1.807, 2.05) is 13.0 Å². The molecule has 98 valence electrons. The van der Waals surface area contributed by atoms with Crippen molar-refractivity contribution in [3.63, 3.8) is 0 Å². The zero-order chi connectivity index (χ0) is 13.1. The lowest BCUT2D eigenvalue weighted by molar-refractivity contribution is -0.136. The van der Waals surface area contributed by atoms with Crippen LogP contribution in [-0.4, -0.2) is 15.6 Å². The third-order valence-corrected chi connectivity index (χ3v) is 3.68. The summed E-state index contributed by atoms with van der Waals surface area (Å²) in [4.78, 5) is 23.1. The van der Waals surface area contributed by atoms with Gasteiger partial charge in [0, 0.05) is 17.3 Å². The van der Waals surface area contributed by atoms with E-state index in [1.165, 1.54) is 6.42 Å². The van der Waals surface area contributed by atoms with Crippen LogP contribution in [0.3, 0.4) is 0 Å². The van der Waals surface area contributed by atoms with Crippen LogP contribution in [-0.2, 0) is 11.2 Å². The van der Waals surface area contributed by atoms with Crippen molar-refractivity contribution in [2.75, 3.05) is 0 Å². The van der Waals surface area contributed by atoms with Crippen LogP contribution in [0.4, 0.5) is 0 Å². The average Bonchev–Trinajstić information content (AvgIpc) is 2.34. The highest BCUT2D eigenvalue weighted by Crippen LogP contribution is 2.27. The van der Waals surface area contributed by atoms with Gasteiger partial charge in [0.15, 0.2) is 0 Å². The molecule has 1 saturated carbocycles. The first kappa shape index (κ1) is 12.9. The third kappa shape index (κ3) is 2.63. The molecule has 4 heteroatoms. The van der Waals surface area contributed by atoms with Crippen molar-refractivity contribution in [3.8, 4) is 0 Å². The van der Waals surface area contributed by atoms with Crippen LogP contribution in [0.5, 0.6) is 0 Å². The zero-order valence-electron chi connectivity index (χ0n) is 10.7. The molecule has 1 aromatic rings. The summed E-state index contributed by atoms with van der Waals surface area (Å²) in [7, 11) is 0. The van der Waals surface area contributed by atoms with E-state index in [0.29, 0.717) is 5.56 Å². The number of nitrogens with zero attached hydrogens (tertiary/aromatic N) is 1. The molecule has 0 aromatic carbocycles. The maximum Gasteiger partial charge on any atom is 0.308 e. The highest BCUT2D eigenvalue weighted by molar-refractivity contribution is 5.69. The molecule has 0 spiro atoms. The Hall–Kier alpha value is -1.58. The second-order valence-electron chi connectivity index (χ2n) is 5.04. The Balaban J connectivity index is 2.38. The number of carboxylic acids is 1. The molecule has 18 heavy (non-hydrogen) atoms. The fourth-order valence-electron chi connectivity index (χ4n) is 2.78. The summed E-state index contributed by atoms with van der Waals surface area (Å²) >= 11 is 0. The van der Waals surface area contributed by atoms with E-state index in [0.717, 1.165) is 31.4 Å². The summed E-state index contributed by atoms with van der Waals surface area (Å²) in [6.07, 6.45) is 5.40. The Morgan fingerprint density at radius 1 is 1.33 bits per heavy atom. The molecule has 1 heterocycles. The van der Waals surface area contributed by atoms with Gasteiger partial charge < -0.3 is 9.67 Å². The summed E-state index contributed by atoms with van der Waals surface area (Å²) in [5, 5.41) is 8.81. The van der Waals surface area contributed by atoms with Gasteiger partial charge in [-0.25, -0.2) is 0 Å². The first-order valence-electron chi connectivity index (χ1n) is 6.52. The number of carbonyl (C=O) groups is 1. The van der Waals surface area contributed by atoms with E-state index >= 15 is 0 Å². The van der Waals surface area contributed by atoms with E-state index in [4.69, 9.17) is 5.11 Å². The molecule has 0 unspecified atom stereocenters. The maximum atomic E-state index is 12.3. The number of aryl methyl sites for hydroxylation is 1.